The monoisotopic (exact) mass is 291 g/mol. The lowest BCUT2D eigenvalue weighted by molar-refractivity contribution is 0.242. The van der Waals surface area contributed by atoms with Crippen LogP contribution in [0.4, 0.5) is 5.69 Å². The molecule has 2 heteroatoms. The molecule has 5 atom stereocenters. The van der Waals surface area contributed by atoms with Gasteiger partial charge in [-0.25, -0.2) is 0 Å². The summed E-state index contributed by atoms with van der Waals surface area (Å²) in [6, 6.07) is 9.16. The summed E-state index contributed by atoms with van der Waals surface area (Å²) in [7, 11) is 4.19. The lowest BCUT2D eigenvalue weighted by Crippen LogP contribution is -2.28. The summed E-state index contributed by atoms with van der Waals surface area (Å²) in [6.07, 6.45) is 5.19. The first-order valence-corrected chi connectivity index (χ1v) is 8.39. The van der Waals surface area contributed by atoms with Gasteiger partial charge in [-0.2, -0.15) is 0 Å². The lowest BCUT2D eigenvalue weighted by Gasteiger charge is -2.37. The maximum absolute atomic E-state index is 6.55. The van der Waals surface area contributed by atoms with Crippen molar-refractivity contribution in [3.63, 3.8) is 0 Å². The highest BCUT2D eigenvalue weighted by molar-refractivity contribution is 6.20. The highest BCUT2D eigenvalue weighted by Crippen LogP contribution is 2.52. The molecule has 0 aliphatic heterocycles. The molecule has 0 bridgehead atoms. The van der Waals surface area contributed by atoms with Crippen molar-refractivity contribution in [2.24, 2.45) is 17.8 Å². The Kier molecular flexibility index (Phi) is 3.99. The van der Waals surface area contributed by atoms with E-state index in [2.05, 4.69) is 50.2 Å². The fourth-order valence-electron chi connectivity index (χ4n) is 4.49. The number of rotatable bonds is 2. The number of alkyl halides is 1. The first kappa shape index (κ1) is 14.3. The summed E-state index contributed by atoms with van der Waals surface area (Å²) in [6.45, 7) is 2.41. The minimum Gasteiger partial charge on any atom is -0.378 e. The molecule has 20 heavy (non-hydrogen) atoms. The molecule has 2 aliphatic rings. The van der Waals surface area contributed by atoms with E-state index in [0.29, 0.717) is 11.3 Å². The van der Waals surface area contributed by atoms with E-state index in [9.17, 15) is 0 Å². The molecule has 0 amide bonds. The van der Waals surface area contributed by atoms with Crippen molar-refractivity contribution in [2.45, 2.75) is 43.9 Å². The summed E-state index contributed by atoms with van der Waals surface area (Å²) in [4.78, 5) is 2.16. The smallest absolute Gasteiger partial charge is 0.0361 e. The van der Waals surface area contributed by atoms with Crippen LogP contribution >= 0.6 is 11.6 Å². The third-order valence-electron chi connectivity index (χ3n) is 5.41. The Labute approximate surface area is 128 Å². The van der Waals surface area contributed by atoms with Gasteiger partial charge in [0.1, 0.15) is 0 Å². The van der Waals surface area contributed by atoms with Gasteiger partial charge < -0.3 is 4.90 Å². The van der Waals surface area contributed by atoms with E-state index in [1.807, 2.05) is 0 Å². The van der Waals surface area contributed by atoms with Crippen LogP contribution in [-0.4, -0.2) is 19.5 Å². The Balaban J connectivity index is 1.83. The van der Waals surface area contributed by atoms with Gasteiger partial charge >= 0.3 is 0 Å². The topological polar surface area (TPSA) is 3.24 Å². The second-order valence-corrected chi connectivity index (χ2v) is 7.78. The van der Waals surface area contributed by atoms with Crippen LogP contribution in [0.15, 0.2) is 24.3 Å². The molecule has 1 nitrogen and oxygen atoms in total. The van der Waals surface area contributed by atoms with E-state index in [-0.39, 0.29) is 0 Å². The molecule has 0 spiro atoms. The number of halogens is 1. The maximum atomic E-state index is 6.55. The van der Waals surface area contributed by atoms with Crippen LogP contribution in [-0.2, 0) is 0 Å². The van der Waals surface area contributed by atoms with Gasteiger partial charge in [-0.1, -0.05) is 19.1 Å². The van der Waals surface area contributed by atoms with Crippen LogP contribution in [0.25, 0.3) is 0 Å². The quantitative estimate of drug-likeness (QED) is 0.701. The van der Waals surface area contributed by atoms with Crippen LogP contribution in [0.2, 0.25) is 0 Å². The zero-order chi connectivity index (χ0) is 14.3. The molecule has 0 aromatic heterocycles. The molecule has 0 radical (unpaired) electrons. The Bertz CT molecular complexity index is 453. The molecule has 1 aromatic carbocycles. The number of benzene rings is 1. The van der Waals surface area contributed by atoms with Gasteiger partial charge in [0.15, 0.2) is 0 Å². The van der Waals surface area contributed by atoms with Gasteiger partial charge in [-0.15, -0.1) is 11.6 Å². The number of nitrogens with zero attached hydrogens (tertiary/aromatic N) is 1. The van der Waals surface area contributed by atoms with Crippen molar-refractivity contribution in [3.05, 3.63) is 29.8 Å². The van der Waals surface area contributed by atoms with Crippen LogP contribution in [0.3, 0.4) is 0 Å². The van der Waals surface area contributed by atoms with E-state index in [4.69, 9.17) is 11.6 Å². The molecule has 110 valence electrons. The van der Waals surface area contributed by atoms with Gasteiger partial charge in [-0.05, 0) is 67.1 Å². The van der Waals surface area contributed by atoms with Crippen molar-refractivity contribution in [1.82, 2.24) is 0 Å². The highest BCUT2D eigenvalue weighted by atomic mass is 35.5. The summed E-state index contributed by atoms with van der Waals surface area (Å²) >= 11 is 6.55. The molecular weight excluding hydrogens is 266 g/mol. The molecule has 1 aromatic rings. The number of hydrogen-bond donors (Lipinski definition) is 0. The molecule has 2 aliphatic carbocycles. The molecular formula is C18H26ClN. The predicted molar refractivity (Wildman–Crippen MR) is 87.8 cm³/mol. The number of fused-ring (bicyclic) bond motifs is 1. The van der Waals surface area contributed by atoms with E-state index < -0.39 is 0 Å². The SMILES string of the molecule is CC1CC2CC(Cl)CC(c3ccc(N(C)C)cc3)C2C1. The molecule has 2 fully saturated rings. The lowest BCUT2D eigenvalue weighted by atomic mass is 9.71. The Hall–Kier alpha value is -0.690. The summed E-state index contributed by atoms with van der Waals surface area (Å²) in [5.41, 5.74) is 2.79. The van der Waals surface area contributed by atoms with Crippen LogP contribution in [0, 0.1) is 17.8 Å². The Morgan fingerprint density at radius 1 is 1.00 bits per heavy atom. The molecule has 5 unspecified atom stereocenters. The van der Waals surface area contributed by atoms with E-state index in [0.717, 1.165) is 24.2 Å². The van der Waals surface area contributed by atoms with Crippen molar-refractivity contribution < 1.29 is 0 Å². The van der Waals surface area contributed by atoms with Crippen molar-refractivity contribution >= 4 is 17.3 Å². The summed E-state index contributed by atoms with van der Waals surface area (Å²) in [5, 5.41) is 0.375. The second-order valence-electron chi connectivity index (χ2n) is 7.16. The molecule has 0 saturated heterocycles. The minimum absolute atomic E-state index is 0.375. The van der Waals surface area contributed by atoms with E-state index in [1.54, 1.807) is 0 Å². The highest BCUT2D eigenvalue weighted by Gasteiger charge is 2.42. The van der Waals surface area contributed by atoms with Gasteiger partial charge in [0.25, 0.3) is 0 Å². The number of hydrogen-bond acceptors (Lipinski definition) is 1. The van der Waals surface area contributed by atoms with Gasteiger partial charge in [0, 0.05) is 25.2 Å². The standard InChI is InChI=1S/C18H26ClN/c1-12-8-14-10-15(19)11-18(17(14)9-12)13-4-6-16(7-5-13)20(2)3/h4-7,12,14-15,17-18H,8-11H2,1-3H3. The third-order valence-corrected chi connectivity index (χ3v) is 5.76. The molecule has 0 N–H and O–H groups in total. The maximum Gasteiger partial charge on any atom is 0.0361 e. The fraction of sp³-hybridized carbons (Fsp3) is 0.667. The second kappa shape index (κ2) is 5.60. The fourth-order valence-corrected chi connectivity index (χ4v) is 4.91. The minimum atomic E-state index is 0.375. The molecule has 3 rings (SSSR count). The number of anilines is 1. The predicted octanol–water partition coefficient (Wildman–Crippen LogP) is 4.90. The summed E-state index contributed by atoms with van der Waals surface area (Å²) in [5.74, 6) is 3.29. The average molecular weight is 292 g/mol. The van der Waals surface area contributed by atoms with Crippen LogP contribution in [0.5, 0.6) is 0 Å². The molecule has 2 saturated carbocycles. The average Bonchev–Trinajstić information content (AvgIpc) is 2.78. The van der Waals surface area contributed by atoms with E-state index >= 15 is 0 Å². The first-order valence-electron chi connectivity index (χ1n) is 7.96. The Morgan fingerprint density at radius 3 is 2.35 bits per heavy atom. The first-order chi connectivity index (χ1) is 9.54. The largest absolute Gasteiger partial charge is 0.378 e. The third kappa shape index (κ3) is 2.70. The zero-order valence-electron chi connectivity index (χ0n) is 12.8. The van der Waals surface area contributed by atoms with Crippen LogP contribution in [0.1, 0.15) is 44.1 Å². The zero-order valence-corrected chi connectivity index (χ0v) is 13.6. The van der Waals surface area contributed by atoms with Gasteiger partial charge in [-0.3, -0.25) is 0 Å². The Morgan fingerprint density at radius 2 is 1.70 bits per heavy atom. The normalized spacial score (nSPS) is 36.7. The van der Waals surface area contributed by atoms with E-state index in [1.165, 1.54) is 30.5 Å². The van der Waals surface area contributed by atoms with Crippen molar-refractivity contribution in [3.8, 4) is 0 Å². The van der Waals surface area contributed by atoms with Gasteiger partial charge in [0.2, 0.25) is 0 Å². The molecule has 0 heterocycles. The summed E-state index contributed by atoms with van der Waals surface area (Å²) < 4.78 is 0. The van der Waals surface area contributed by atoms with Crippen molar-refractivity contribution in [1.29, 1.82) is 0 Å². The van der Waals surface area contributed by atoms with Crippen LogP contribution < -0.4 is 4.90 Å². The van der Waals surface area contributed by atoms with Crippen molar-refractivity contribution in [2.75, 3.05) is 19.0 Å². The van der Waals surface area contributed by atoms with Gasteiger partial charge in [0.05, 0.1) is 0 Å².